The number of hydrogen-bond donors (Lipinski definition) is 0. The van der Waals surface area contributed by atoms with E-state index in [9.17, 15) is 0 Å². The van der Waals surface area contributed by atoms with Crippen molar-refractivity contribution in [3.63, 3.8) is 0 Å². The fourth-order valence-corrected chi connectivity index (χ4v) is 10.8. The van der Waals surface area contributed by atoms with E-state index in [1.54, 1.807) is 21.9 Å². The van der Waals surface area contributed by atoms with E-state index in [1.165, 1.54) is 24.9 Å². The van der Waals surface area contributed by atoms with E-state index in [0.29, 0.717) is 5.92 Å². The van der Waals surface area contributed by atoms with Crippen LogP contribution in [0.2, 0.25) is 12.1 Å². The molecule has 1 unspecified atom stereocenters. The van der Waals surface area contributed by atoms with Crippen molar-refractivity contribution in [2.45, 2.75) is 66.5 Å². The number of rotatable bonds is 6. The normalized spacial score (nSPS) is 19.3. The topological polar surface area (TPSA) is 0 Å². The van der Waals surface area contributed by atoms with Gasteiger partial charge in [0.05, 0.1) is 0 Å². The minimum atomic E-state index is -1.61. The molecule has 2 rings (SSSR count). The summed E-state index contributed by atoms with van der Waals surface area (Å²) < 4.78 is 0. The van der Waals surface area contributed by atoms with Crippen LogP contribution in [-0.4, -0.2) is 8.07 Å². The van der Waals surface area contributed by atoms with E-state index in [2.05, 4.69) is 71.9 Å². The third kappa shape index (κ3) is 2.76. The maximum atomic E-state index is 2.45. The highest BCUT2D eigenvalue weighted by Gasteiger charge is 2.43. The summed E-state index contributed by atoms with van der Waals surface area (Å²) in [6.45, 7) is 14.2. The molecule has 120 valence electrons. The van der Waals surface area contributed by atoms with Crippen molar-refractivity contribution < 1.29 is 0 Å². The van der Waals surface area contributed by atoms with Crippen LogP contribution in [0.3, 0.4) is 0 Å². The third-order valence-electron chi connectivity index (χ3n) is 5.84. The minimum Gasteiger partial charge on any atom is -0.0657 e. The van der Waals surface area contributed by atoms with Crippen LogP contribution in [0.1, 0.15) is 54.4 Å². The SMILES string of the molecule is CCC[Si](CCC)(C1=C(C)C(C)=C(C)C1C)c1ccccc1. The highest BCUT2D eigenvalue weighted by Crippen LogP contribution is 2.44. The average molecular weight is 313 g/mol. The van der Waals surface area contributed by atoms with Crippen molar-refractivity contribution in [3.05, 3.63) is 52.2 Å². The largest absolute Gasteiger partial charge is 0.114 e. The smallest absolute Gasteiger partial charge is 0.0657 e. The summed E-state index contributed by atoms with van der Waals surface area (Å²) in [6, 6.07) is 14.2. The Bertz CT molecular complexity index is 571. The van der Waals surface area contributed by atoms with Gasteiger partial charge in [0.2, 0.25) is 0 Å². The van der Waals surface area contributed by atoms with E-state index in [1.807, 2.05) is 5.20 Å². The first-order chi connectivity index (χ1) is 10.5. The Morgan fingerprint density at radius 3 is 1.82 bits per heavy atom. The lowest BCUT2D eigenvalue weighted by molar-refractivity contribution is 0.835. The molecule has 0 bridgehead atoms. The first-order valence-electron chi connectivity index (χ1n) is 8.94. The molecule has 1 aliphatic carbocycles. The molecule has 1 aliphatic rings. The molecular formula is C21H32Si. The lowest BCUT2D eigenvalue weighted by Crippen LogP contribution is -2.51. The molecule has 1 atom stereocenters. The van der Waals surface area contributed by atoms with Gasteiger partial charge in [-0.3, -0.25) is 0 Å². The zero-order chi connectivity index (χ0) is 16.3. The van der Waals surface area contributed by atoms with Crippen LogP contribution in [0.5, 0.6) is 0 Å². The molecule has 0 amide bonds. The van der Waals surface area contributed by atoms with Crippen LogP contribution in [0, 0.1) is 5.92 Å². The molecule has 0 saturated heterocycles. The monoisotopic (exact) mass is 312 g/mol. The molecule has 0 fully saturated rings. The second kappa shape index (κ2) is 7.00. The van der Waals surface area contributed by atoms with Gasteiger partial charge < -0.3 is 0 Å². The predicted octanol–water partition coefficient (Wildman–Crippen LogP) is 6.00. The van der Waals surface area contributed by atoms with Gasteiger partial charge >= 0.3 is 0 Å². The average Bonchev–Trinajstić information content (AvgIpc) is 2.72. The maximum absolute atomic E-state index is 2.45. The van der Waals surface area contributed by atoms with Gasteiger partial charge in [0.25, 0.3) is 0 Å². The Morgan fingerprint density at radius 2 is 1.41 bits per heavy atom. The van der Waals surface area contributed by atoms with Gasteiger partial charge in [-0.15, -0.1) is 0 Å². The van der Waals surface area contributed by atoms with Crippen LogP contribution in [-0.2, 0) is 0 Å². The molecule has 0 heterocycles. The molecule has 0 aliphatic heterocycles. The van der Waals surface area contributed by atoms with Crippen LogP contribution in [0.25, 0.3) is 0 Å². The zero-order valence-corrected chi connectivity index (χ0v) is 16.3. The Hall–Kier alpha value is -1.08. The first-order valence-corrected chi connectivity index (χ1v) is 11.4. The van der Waals surface area contributed by atoms with Gasteiger partial charge in [-0.1, -0.05) is 85.5 Å². The second-order valence-corrected chi connectivity index (χ2v) is 11.3. The van der Waals surface area contributed by atoms with Gasteiger partial charge in [-0.25, -0.2) is 0 Å². The van der Waals surface area contributed by atoms with Gasteiger partial charge in [0.1, 0.15) is 8.07 Å². The highest BCUT2D eigenvalue weighted by molar-refractivity contribution is 6.98. The van der Waals surface area contributed by atoms with Crippen molar-refractivity contribution in [2.24, 2.45) is 5.92 Å². The van der Waals surface area contributed by atoms with Crippen LogP contribution in [0.15, 0.2) is 52.2 Å². The maximum Gasteiger partial charge on any atom is 0.114 e. The van der Waals surface area contributed by atoms with Crippen LogP contribution < -0.4 is 5.19 Å². The van der Waals surface area contributed by atoms with Crippen LogP contribution in [0.4, 0.5) is 0 Å². The summed E-state index contributed by atoms with van der Waals surface area (Å²) in [5, 5.41) is 3.49. The van der Waals surface area contributed by atoms with Crippen molar-refractivity contribution in [1.82, 2.24) is 0 Å². The second-order valence-electron chi connectivity index (χ2n) is 7.02. The molecule has 22 heavy (non-hydrogen) atoms. The van der Waals surface area contributed by atoms with Gasteiger partial charge in [-0.05, 0) is 44.4 Å². The molecule has 0 N–H and O–H groups in total. The Morgan fingerprint density at radius 1 is 0.864 bits per heavy atom. The summed E-state index contributed by atoms with van der Waals surface area (Å²) in [7, 11) is -1.61. The predicted molar refractivity (Wildman–Crippen MR) is 102 cm³/mol. The fourth-order valence-electron chi connectivity index (χ4n) is 4.59. The number of benzene rings is 1. The Kier molecular flexibility index (Phi) is 5.49. The molecule has 0 aromatic heterocycles. The standard InChI is InChI=1S/C21H32Si/c1-7-14-22(15-8-2,20-12-10-9-11-13-20)21-18(5)16(3)17(4)19(21)6/h9-13,18H,7-8,14-15H2,1-6H3. The molecule has 0 saturated carbocycles. The quantitative estimate of drug-likeness (QED) is 0.565. The van der Waals surface area contributed by atoms with Crippen molar-refractivity contribution in [2.75, 3.05) is 0 Å². The molecule has 0 spiro atoms. The van der Waals surface area contributed by atoms with E-state index in [0.717, 1.165) is 0 Å². The summed E-state index contributed by atoms with van der Waals surface area (Å²) in [4.78, 5) is 0. The molecule has 1 heteroatoms. The van der Waals surface area contributed by atoms with Crippen molar-refractivity contribution >= 4 is 13.3 Å². The molecule has 0 nitrogen and oxygen atoms in total. The first kappa shape index (κ1) is 17.3. The number of allylic oxidation sites excluding steroid dienone is 4. The van der Waals surface area contributed by atoms with E-state index < -0.39 is 8.07 Å². The number of hydrogen-bond acceptors (Lipinski definition) is 0. The molecular weight excluding hydrogens is 280 g/mol. The molecule has 1 aromatic rings. The van der Waals surface area contributed by atoms with Gasteiger partial charge in [-0.2, -0.15) is 0 Å². The summed E-state index contributed by atoms with van der Waals surface area (Å²) >= 11 is 0. The van der Waals surface area contributed by atoms with Gasteiger partial charge in [0.15, 0.2) is 0 Å². The van der Waals surface area contributed by atoms with E-state index in [-0.39, 0.29) is 0 Å². The van der Waals surface area contributed by atoms with Crippen molar-refractivity contribution in [3.8, 4) is 0 Å². The Labute approximate surface area is 138 Å². The lowest BCUT2D eigenvalue weighted by Gasteiger charge is -2.37. The van der Waals surface area contributed by atoms with E-state index in [4.69, 9.17) is 0 Å². The molecule has 0 radical (unpaired) electrons. The van der Waals surface area contributed by atoms with Gasteiger partial charge in [0, 0.05) is 0 Å². The molecule has 1 aromatic carbocycles. The minimum absolute atomic E-state index is 0.643. The zero-order valence-electron chi connectivity index (χ0n) is 15.3. The van der Waals surface area contributed by atoms with Crippen molar-refractivity contribution in [1.29, 1.82) is 0 Å². The van der Waals surface area contributed by atoms with Crippen LogP contribution >= 0.6 is 0 Å². The Balaban J connectivity index is 2.65. The fraction of sp³-hybridized carbons (Fsp3) is 0.524. The van der Waals surface area contributed by atoms with E-state index >= 15 is 0 Å². The highest BCUT2D eigenvalue weighted by atomic mass is 28.3. The summed E-state index contributed by atoms with van der Waals surface area (Å²) in [6.07, 6.45) is 2.59. The third-order valence-corrected chi connectivity index (χ3v) is 11.8. The summed E-state index contributed by atoms with van der Waals surface area (Å²) in [5.41, 5.74) is 4.78. The lowest BCUT2D eigenvalue weighted by atomic mass is 10.1. The summed E-state index contributed by atoms with van der Waals surface area (Å²) in [5.74, 6) is 0.643.